The minimum Gasteiger partial charge on any atom is -0.413 e. The first-order valence-electron chi connectivity index (χ1n) is 6.95. The van der Waals surface area contributed by atoms with Gasteiger partial charge in [0.15, 0.2) is 8.32 Å². The molecule has 0 radical (unpaired) electrons. The molecule has 0 aromatic carbocycles. The summed E-state index contributed by atoms with van der Waals surface area (Å²) in [6.45, 7) is 15.3. The molecule has 0 aliphatic heterocycles. The molecule has 0 fully saturated rings. The van der Waals surface area contributed by atoms with Gasteiger partial charge in [0.2, 0.25) is 0 Å². The monoisotopic (exact) mass is 310 g/mol. The average Bonchev–Trinajstić information content (AvgIpc) is 2.13. The molecule has 0 bridgehead atoms. The summed E-state index contributed by atoms with van der Waals surface area (Å²) in [5.41, 5.74) is 1.45. The Hall–Kier alpha value is 0.0869. The fourth-order valence-electron chi connectivity index (χ4n) is 3.09. The maximum Gasteiger partial charge on any atom is 0.264 e. The molecule has 0 heterocycles. The molecule has 0 aromatic heterocycles. The van der Waals surface area contributed by atoms with Gasteiger partial charge in [-0.2, -0.15) is 8.42 Å². The Labute approximate surface area is 120 Å². The average molecular weight is 311 g/mol. The van der Waals surface area contributed by atoms with E-state index >= 15 is 0 Å². The Morgan fingerprint density at radius 2 is 1.26 bits per heavy atom. The maximum atomic E-state index is 11.1. The summed E-state index contributed by atoms with van der Waals surface area (Å²) in [6.07, 6.45) is 0.639. The largest absolute Gasteiger partial charge is 0.413 e. The van der Waals surface area contributed by atoms with Crippen molar-refractivity contribution >= 4 is 18.4 Å². The number of hydrogen-bond acceptors (Lipinski definition) is 4. The second-order valence-corrected chi connectivity index (χ2v) is 13.3. The molecule has 0 aromatic rings. The minimum atomic E-state index is -3.42. The fraction of sp³-hybridized carbons (Fsp3) is 1.00. The predicted molar refractivity (Wildman–Crippen MR) is 82.4 cm³/mol. The van der Waals surface area contributed by atoms with Gasteiger partial charge in [0.05, 0.1) is 19.0 Å². The van der Waals surface area contributed by atoms with E-state index < -0.39 is 24.5 Å². The SMILES string of the molecule is CC(C)[Si](OC[C@@H](C)OS(C)(=O)=O)(C(C)C)C(C)C. The van der Waals surface area contributed by atoms with Crippen molar-refractivity contribution in [3.05, 3.63) is 0 Å². The second-order valence-electron chi connectivity index (χ2n) is 6.24. The highest BCUT2D eigenvalue weighted by Crippen LogP contribution is 2.42. The zero-order valence-corrected chi connectivity index (χ0v) is 15.4. The van der Waals surface area contributed by atoms with Crippen LogP contribution >= 0.6 is 0 Å². The summed E-state index contributed by atoms with van der Waals surface area (Å²) in [5, 5.41) is 0. The molecular formula is C13H30O4SSi. The van der Waals surface area contributed by atoms with Crippen LogP contribution in [0.5, 0.6) is 0 Å². The summed E-state index contributed by atoms with van der Waals surface area (Å²) >= 11 is 0. The van der Waals surface area contributed by atoms with E-state index in [0.29, 0.717) is 23.2 Å². The molecule has 0 amide bonds. The molecule has 0 saturated carbocycles. The van der Waals surface area contributed by atoms with E-state index in [-0.39, 0.29) is 0 Å². The van der Waals surface area contributed by atoms with Crippen molar-refractivity contribution in [1.29, 1.82) is 0 Å². The van der Waals surface area contributed by atoms with Gasteiger partial charge in [0.1, 0.15) is 0 Å². The van der Waals surface area contributed by atoms with Crippen LogP contribution in [0.3, 0.4) is 0 Å². The van der Waals surface area contributed by atoms with Gasteiger partial charge in [-0.1, -0.05) is 41.5 Å². The molecule has 19 heavy (non-hydrogen) atoms. The quantitative estimate of drug-likeness (QED) is 0.508. The van der Waals surface area contributed by atoms with Gasteiger partial charge in [0.25, 0.3) is 10.1 Å². The highest BCUT2D eigenvalue weighted by molar-refractivity contribution is 7.86. The fourth-order valence-corrected chi connectivity index (χ4v) is 9.26. The molecule has 0 saturated heterocycles. The lowest BCUT2D eigenvalue weighted by Crippen LogP contribution is -2.49. The van der Waals surface area contributed by atoms with Crippen molar-refractivity contribution in [3.63, 3.8) is 0 Å². The first kappa shape index (κ1) is 19.1. The summed E-state index contributed by atoms with van der Waals surface area (Å²) in [4.78, 5) is 0. The number of hydrogen-bond donors (Lipinski definition) is 0. The van der Waals surface area contributed by atoms with Crippen LogP contribution in [-0.2, 0) is 18.7 Å². The lowest BCUT2D eigenvalue weighted by atomic mass is 10.5. The predicted octanol–water partition coefficient (Wildman–Crippen LogP) is 3.54. The van der Waals surface area contributed by atoms with Gasteiger partial charge in [-0.25, -0.2) is 0 Å². The Morgan fingerprint density at radius 1 is 0.895 bits per heavy atom. The van der Waals surface area contributed by atoms with Crippen LogP contribution in [0, 0.1) is 0 Å². The minimum absolute atomic E-state index is 0.341. The van der Waals surface area contributed by atoms with E-state index in [9.17, 15) is 8.42 Å². The number of rotatable bonds is 8. The van der Waals surface area contributed by atoms with E-state index in [1.54, 1.807) is 6.92 Å². The lowest BCUT2D eigenvalue weighted by Gasteiger charge is -2.42. The van der Waals surface area contributed by atoms with Crippen LogP contribution in [0.2, 0.25) is 16.6 Å². The molecular weight excluding hydrogens is 280 g/mol. The standard InChI is InChI=1S/C13H30O4SSi/c1-10(2)19(11(3)4,12(5)6)16-9-13(7)17-18(8,14)15/h10-13H,9H2,1-8H3/t13-/m1/s1. The normalized spacial score (nSPS) is 15.5. The Bertz CT molecular complexity index is 341. The topological polar surface area (TPSA) is 52.6 Å². The zero-order chi connectivity index (χ0) is 15.4. The van der Waals surface area contributed by atoms with E-state index in [2.05, 4.69) is 41.5 Å². The Morgan fingerprint density at radius 3 is 1.53 bits per heavy atom. The van der Waals surface area contributed by atoms with Crippen LogP contribution in [0.15, 0.2) is 0 Å². The Balaban J connectivity index is 4.86. The van der Waals surface area contributed by atoms with Crippen molar-refractivity contribution in [2.45, 2.75) is 71.2 Å². The van der Waals surface area contributed by atoms with Crippen LogP contribution in [-0.4, -0.2) is 35.7 Å². The Kier molecular flexibility index (Phi) is 7.23. The second kappa shape index (κ2) is 7.20. The van der Waals surface area contributed by atoms with Crippen molar-refractivity contribution < 1.29 is 17.0 Å². The third-order valence-corrected chi connectivity index (χ3v) is 10.4. The molecule has 0 rings (SSSR count). The van der Waals surface area contributed by atoms with Gasteiger partial charge in [0, 0.05) is 0 Å². The van der Waals surface area contributed by atoms with Crippen molar-refractivity contribution in [2.24, 2.45) is 0 Å². The van der Waals surface area contributed by atoms with E-state index in [4.69, 9.17) is 8.61 Å². The molecule has 6 heteroatoms. The van der Waals surface area contributed by atoms with Crippen molar-refractivity contribution in [2.75, 3.05) is 12.9 Å². The van der Waals surface area contributed by atoms with E-state index in [1.807, 2.05) is 0 Å². The molecule has 0 unspecified atom stereocenters. The molecule has 0 N–H and O–H groups in total. The summed E-state index contributed by atoms with van der Waals surface area (Å²) < 4.78 is 33.4. The van der Waals surface area contributed by atoms with E-state index in [1.165, 1.54) is 0 Å². The third kappa shape index (κ3) is 5.53. The van der Waals surface area contributed by atoms with Crippen LogP contribution < -0.4 is 0 Å². The van der Waals surface area contributed by atoms with Gasteiger partial charge in [-0.3, -0.25) is 4.18 Å². The van der Waals surface area contributed by atoms with Crippen LogP contribution in [0.4, 0.5) is 0 Å². The summed E-state index contributed by atoms with van der Waals surface area (Å²) in [5.74, 6) is 0. The first-order valence-corrected chi connectivity index (χ1v) is 10.9. The molecule has 116 valence electrons. The van der Waals surface area contributed by atoms with Crippen LogP contribution in [0.25, 0.3) is 0 Å². The van der Waals surface area contributed by atoms with Crippen LogP contribution in [0.1, 0.15) is 48.5 Å². The molecule has 4 nitrogen and oxygen atoms in total. The first-order chi connectivity index (χ1) is 8.43. The van der Waals surface area contributed by atoms with Gasteiger partial charge >= 0.3 is 0 Å². The molecule has 1 atom stereocenters. The van der Waals surface area contributed by atoms with Gasteiger partial charge in [-0.15, -0.1) is 0 Å². The highest BCUT2D eigenvalue weighted by atomic mass is 32.2. The summed E-state index contributed by atoms with van der Waals surface area (Å²) in [7, 11) is -5.36. The maximum absolute atomic E-state index is 11.1. The lowest BCUT2D eigenvalue weighted by molar-refractivity contribution is 0.137. The van der Waals surface area contributed by atoms with Crippen molar-refractivity contribution in [1.82, 2.24) is 0 Å². The molecule has 0 spiro atoms. The smallest absolute Gasteiger partial charge is 0.264 e. The zero-order valence-electron chi connectivity index (χ0n) is 13.6. The molecule has 0 aliphatic rings. The molecule has 0 aliphatic carbocycles. The summed E-state index contributed by atoms with van der Waals surface area (Å²) in [6, 6.07) is 0. The highest BCUT2D eigenvalue weighted by Gasteiger charge is 2.45. The van der Waals surface area contributed by atoms with E-state index in [0.717, 1.165) is 6.26 Å². The van der Waals surface area contributed by atoms with Gasteiger partial charge < -0.3 is 4.43 Å². The van der Waals surface area contributed by atoms with Crippen molar-refractivity contribution in [3.8, 4) is 0 Å². The van der Waals surface area contributed by atoms with Gasteiger partial charge in [-0.05, 0) is 23.5 Å². The third-order valence-electron chi connectivity index (χ3n) is 3.61.